The van der Waals surface area contributed by atoms with E-state index in [1.165, 1.54) is 44.9 Å². The Morgan fingerprint density at radius 2 is 1.62 bits per heavy atom. The highest BCUT2D eigenvalue weighted by molar-refractivity contribution is 14.1. The molecule has 13 heavy (non-hydrogen) atoms. The summed E-state index contributed by atoms with van der Waals surface area (Å²) in [4.78, 5) is 4.68. The first-order valence-electron chi connectivity index (χ1n) is 5.30. The van der Waals surface area contributed by atoms with E-state index in [4.69, 9.17) is 5.90 Å². The lowest BCUT2D eigenvalue weighted by Gasteiger charge is -2.05. The molecule has 0 aliphatic heterocycles. The zero-order valence-corrected chi connectivity index (χ0v) is 10.8. The Bertz CT molecular complexity index is 101. The quantitative estimate of drug-likeness (QED) is 0.304. The van der Waals surface area contributed by atoms with Gasteiger partial charge in [0.2, 0.25) is 0 Å². The van der Waals surface area contributed by atoms with Gasteiger partial charge in [0.15, 0.2) is 0 Å². The smallest absolute Gasteiger partial charge is 0.129 e. The zero-order chi connectivity index (χ0) is 9.94. The molecule has 80 valence electrons. The normalized spacial score (nSPS) is 13.2. The van der Waals surface area contributed by atoms with Gasteiger partial charge in [-0.2, -0.15) is 0 Å². The van der Waals surface area contributed by atoms with Gasteiger partial charge in [-0.1, -0.05) is 45.4 Å². The Labute approximate surface area is 95.7 Å². The molecule has 0 aromatic rings. The summed E-state index contributed by atoms with van der Waals surface area (Å²) >= 11 is 2.23. The summed E-state index contributed by atoms with van der Waals surface area (Å²) in [5.74, 6) is 5.04. The molecule has 0 saturated heterocycles. The molecule has 0 rings (SSSR count). The number of nitrogens with two attached hydrogens (primary N) is 1. The van der Waals surface area contributed by atoms with Crippen LogP contribution in [0.4, 0.5) is 0 Å². The van der Waals surface area contributed by atoms with E-state index in [9.17, 15) is 0 Å². The third-order valence-electron chi connectivity index (χ3n) is 2.18. The van der Waals surface area contributed by atoms with Crippen molar-refractivity contribution >= 4 is 22.6 Å². The summed E-state index contributed by atoms with van der Waals surface area (Å²) in [6.45, 7) is 2.25. The lowest BCUT2D eigenvalue weighted by Crippen LogP contribution is -2.09. The van der Waals surface area contributed by atoms with Gasteiger partial charge in [-0.3, -0.25) is 4.84 Å². The van der Waals surface area contributed by atoms with Crippen LogP contribution in [0.1, 0.15) is 58.3 Å². The fraction of sp³-hybridized carbons (Fsp3) is 1.00. The topological polar surface area (TPSA) is 35.2 Å². The fourth-order valence-corrected chi connectivity index (χ4v) is 1.77. The fourth-order valence-electron chi connectivity index (χ4n) is 1.33. The Morgan fingerprint density at radius 1 is 1.08 bits per heavy atom. The summed E-state index contributed by atoms with van der Waals surface area (Å²) in [5.41, 5.74) is 0. The van der Waals surface area contributed by atoms with Crippen molar-refractivity contribution in [2.45, 2.75) is 62.4 Å². The van der Waals surface area contributed by atoms with Gasteiger partial charge in [0.25, 0.3) is 0 Å². The molecule has 0 aromatic heterocycles. The first kappa shape index (κ1) is 13.7. The molecule has 1 atom stereocenters. The van der Waals surface area contributed by atoms with E-state index >= 15 is 0 Å². The third-order valence-corrected chi connectivity index (χ3v) is 3.10. The van der Waals surface area contributed by atoms with Crippen LogP contribution in [0.25, 0.3) is 0 Å². The molecule has 0 aliphatic carbocycles. The van der Waals surface area contributed by atoms with E-state index < -0.39 is 0 Å². The molecule has 2 N–H and O–H groups in total. The molecular weight excluding hydrogens is 277 g/mol. The number of hydrogen-bond acceptors (Lipinski definition) is 2. The number of unbranched alkanes of at least 4 members (excludes halogenated alkanes) is 6. The van der Waals surface area contributed by atoms with Crippen LogP contribution < -0.4 is 5.90 Å². The van der Waals surface area contributed by atoms with Crippen molar-refractivity contribution in [3.63, 3.8) is 0 Å². The SMILES string of the molecule is CCCCCCCCCC(I)ON. The van der Waals surface area contributed by atoms with Gasteiger partial charge in [-0.15, -0.1) is 0 Å². The number of hydrogen-bond donors (Lipinski definition) is 1. The van der Waals surface area contributed by atoms with E-state index in [1.807, 2.05) is 0 Å². The molecule has 0 bridgehead atoms. The highest BCUT2D eigenvalue weighted by Gasteiger charge is 2.00. The molecule has 0 fully saturated rings. The first-order chi connectivity index (χ1) is 6.31. The maximum Gasteiger partial charge on any atom is 0.129 e. The van der Waals surface area contributed by atoms with Crippen LogP contribution in [-0.4, -0.2) is 4.11 Å². The molecular formula is C10H22INO. The second-order valence-electron chi connectivity index (χ2n) is 3.46. The van der Waals surface area contributed by atoms with Gasteiger partial charge in [-0.25, -0.2) is 5.90 Å². The average Bonchev–Trinajstić information content (AvgIpc) is 2.16. The van der Waals surface area contributed by atoms with E-state index in [-0.39, 0.29) is 4.11 Å². The second kappa shape index (κ2) is 10.7. The van der Waals surface area contributed by atoms with Crippen molar-refractivity contribution in [3.8, 4) is 0 Å². The average molecular weight is 299 g/mol. The van der Waals surface area contributed by atoms with Crippen molar-refractivity contribution in [3.05, 3.63) is 0 Å². The molecule has 0 amide bonds. The zero-order valence-electron chi connectivity index (χ0n) is 8.60. The van der Waals surface area contributed by atoms with Gasteiger partial charge in [-0.05, 0) is 35.4 Å². The van der Waals surface area contributed by atoms with Crippen molar-refractivity contribution in [2.24, 2.45) is 5.90 Å². The van der Waals surface area contributed by atoms with Crippen LogP contribution in [0.5, 0.6) is 0 Å². The highest BCUT2D eigenvalue weighted by Crippen LogP contribution is 2.13. The first-order valence-corrected chi connectivity index (χ1v) is 6.55. The molecule has 0 aliphatic rings. The van der Waals surface area contributed by atoms with Crippen LogP contribution in [0.3, 0.4) is 0 Å². The highest BCUT2D eigenvalue weighted by atomic mass is 127. The number of alkyl halides is 1. The molecule has 0 aromatic carbocycles. The van der Waals surface area contributed by atoms with E-state index in [0.29, 0.717) is 0 Å². The summed E-state index contributed by atoms with van der Waals surface area (Å²) in [6.07, 6.45) is 10.5. The summed E-state index contributed by atoms with van der Waals surface area (Å²) in [6, 6.07) is 0. The summed E-state index contributed by atoms with van der Waals surface area (Å²) in [7, 11) is 0. The Kier molecular flexibility index (Phi) is 11.3. The summed E-state index contributed by atoms with van der Waals surface area (Å²) in [5, 5.41) is 0. The van der Waals surface area contributed by atoms with Crippen molar-refractivity contribution in [1.29, 1.82) is 0 Å². The Morgan fingerprint density at radius 3 is 2.15 bits per heavy atom. The second-order valence-corrected chi connectivity index (χ2v) is 4.85. The lowest BCUT2D eigenvalue weighted by molar-refractivity contribution is 0.119. The van der Waals surface area contributed by atoms with Gasteiger partial charge in [0.05, 0.1) is 0 Å². The van der Waals surface area contributed by atoms with Crippen molar-refractivity contribution < 1.29 is 4.84 Å². The molecule has 2 nitrogen and oxygen atoms in total. The molecule has 0 heterocycles. The maximum absolute atomic E-state index is 5.04. The van der Waals surface area contributed by atoms with Crippen LogP contribution in [0.2, 0.25) is 0 Å². The van der Waals surface area contributed by atoms with Crippen LogP contribution in [0.15, 0.2) is 0 Å². The third kappa shape index (κ3) is 10.6. The van der Waals surface area contributed by atoms with Crippen LogP contribution in [-0.2, 0) is 4.84 Å². The van der Waals surface area contributed by atoms with Crippen molar-refractivity contribution in [1.82, 2.24) is 0 Å². The van der Waals surface area contributed by atoms with Gasteiger partial charge in [0.1, 0.15) is 4.11 Å². The van der Waals surface area contributed by atoms with Crippen LogP contribution >= 0.6 is 22.6 Å². The van der Waals surface area contributed by atoms with E-state index in [0.717, 1.165) is 6.42 Å². The minimum absolute atomic E-state index is 0.202. The van der Waals surface area contributed by atoms with Crippen LogP contribution in [0, 0.1) is 0 Å². The predicted octanol–water partition coefficient (Wildman–Crippen LogP) is 3.78. The summed E-state index contributed by atoms with van der Waals surface area (Å²) < 4.78 is 0.202. The van der Waals surface area contributed by atoms with Gasteiger partial charge in [0, 0.05) is 0 Å². The monoisotopic (exact) mass is 299 g/mol. The standard InChI is InChI=1S/C10H22INO/c1-2-3-4-5-6-7-8-9-10(11)13-12/h10H,2-9,12H2,1H3. The molecule has 0 radical (unpaired) electrons. The predicted molar refractivity (Wildman–Crippen MR) is 65.7 cm³/mol. The molecule has 0 spiro atoms. The largest absolute Gasteiger partial charge is 0.291 e. The minimum Gasteiger partial charge on any atom is -0.291 e. The van der Waals surface area contributed by atoms with Gasteiger partial charge < -0.3 is 0 Å². The number of halogens is 1. The molecule has 0 saturated carbocycles. The molecule has 1 unspecified atom stereocenters. The lowest BCUT2D eigenvalue weighted by atomic mass is 10.1. The van der Waals surface area contributed by atoms with E-state index in [1.54, 1.807) is 0 Å². The molecule has 3 heteroatoms. The van der Waals surface area contributed by atoms with E-state index in [2.05, 4.69) is 34.4 Å². The van der Waals surface area contributed by atoms with Gasteiger partial charge >= 0.3 is 0 Å². The Balaban J connectivity index is 2.91. The van der Waals surface area contributed by atoms with Crippen molar-refractivity contribution in [2.75, 3.05) is 0 Å². The number of rotatable bonds is 9. The minimum atomic E-state index is 0.202. The maximum atomic E-state index is 5.04. The Hall–Kier alpha value is 0.650.